The van der Waals surface area contributed by atoms with Crippen LogP contribution in [0.15, 0.2) is 6.07 Å². The molecule has 1 aliphatic heterocycles. The van der Waals surface area contributed by atoms with E-state index in [1.807, 2.05) is 6.07 Å². The molecule has 0 unspecified atom stereocenters. The van der Waals surface area contributed by atoms with Gasteiger partial charge in [0.1, 0.15) is 0 Å². The minimum atomic E-state index is 0.438. The van der Waals surface area contributed by atoms with Gasteiger partial charge < -0.3 is 9.64 Å². The van der Waals surface area contributed by atoms with Crippen LogP contribution in [0.25, 0.3) is 0 Å². The van der Waals surface area contributed by atoms with Gasteiger partial charge in [-0.05, 0) is 18.7 Å². The van der Waals surface area contributed by atoms with Crippen LogP contribution in [-0.4, -0.2) is 36.9 Å². The first kappa shape index (κ1) is 10.1. The topological polar surface area (TPSA) is 42.4 Å². The molecule has 2 rings (SSSR count). The number of fused-ring (bicyclic) bond motifs is 1. The second-order valence-corrected chi connectivity index (χ2v) is 3.80. The van der Waals surface area contributed by atoms with E-state index in [4.69, 9.17) is 4.74 Å². The minimum absolute atomic E-state index is 0.438. The first-order valence-electron chi connectivity index (χ1n) is 4.95. The van der Waals surface area contributed by atoms with E-state index in [2.05, 4.69) is 16.9 Å². The summed E-state index contributed by atoms with van der Waals surface area (Å²) in [7, 11) is 3.60. The van der Waals surface area contributed by atoms with E-state index in [-0.39, 0.29) is 0 Å². The molecule has 0 N–H and O–H groups in total. The third-order valence-electron chi connectivity index (χ3n) is 2.67. The Balaban J connectivity index is 2.45. The number of rotatable bonds is 2. The third-order valence-corrected chi connectivity index (χ3v) is 2.67. The Hall–Kier alpha value is -1.42. The molecule has 2 heterocycles. The zero-order valence-electron chi connectivity index (χ0n) is 8.99. The van der Waals surface area contributed by atoms with Gasteiger partial charge in [-0.3, -0.25) is 4.79 Å². The first-order valence-corrected chi connectivity index (χ1v) is 4.95. The van der Waals surface area contributed by atoms with Crippen LogP contribution in [0.2, 0.25) is 0 Å². The molecule has 0 fully saturated rings. The zero-order valence-corrected chi connectivity index (χ0v) is 8.99. The van der Waals surface area contributed by atoms with Crippen molar-refractivity contribution in [1.82, 2.24) is 9.88 Å². The molecule has 1 aliphatic rings. The van der Waals surface area contributed by atoms with E-state index in [0.29, 0.717) is 11.4 Å². The molecule has 0 spiro atoms. The van der Waals surface area contributed by atoms with Gasteiger partial charge in [-0.25, -0.2) is 4.98 Å². The van der Waals surface area contributed by atoms with Crippen LogP contribution in [0.3, 0.4) is 0 Å². The van der Waals surface area contributed by atoms with Crippen molar-refractivity contribution in [1.29, 1.82) is 0 Å². The van der Waals surface area contributed by atoms with Gasteiger partial charge in [0, 0.05) is 19.5 Å². The van der Waals surface area contributed by atoms with E-state index >= 15 is 0 Å². The molecule has 0 saturated carbocycles. The SMILES string of the molecule is COc1nc2c(cc1C=O)CN(C)CC2. The van der Waals surface area contributed by atoms with Crippen molar-refractivity contribution in [3.8, 4) is 5.88 Å². The summed E-state index contributed by atoms with van der Waals surface area (Å²) in [5.41, 5.74) is 2.72. The Bertz CT molecular complexity index is 390. The van der Waals surface area contributed by atoms with E-state index in [1.54, 1.807) is 0 Å². The number of aldehydes is 1. The molecule has 0 atom stereocenters. The molecule has 80 valence electrons. The summed E-state index contributed by atoms with van der Waals surface area (Å²) in [6, 6.07) is 1.88. The predicted molar refractivity (Wildman–Crippen MR) is 56.2 cm³/mol. The van der Waals surface area contributed by atoms with Crippen molar-refractivity contribution in [3.63, 3.8) is 0 Å². The smallest absolute Gasteiger partial charge is 0.224 e. The molecule has 0 radical (unpaired) electrons. The quantitative estimate of drug-likeness (QED) is 0.674. The van der Waals surface area contributed by atoms with Gasteiger partial charge >= 0.3 is 0 Å². The second kappa shape index (κ2) is 3.98. The first-order chi connectivity index (χ1) is 7.24. The van der Waals surface area contributed by atoms with Crippen molar-refractivity contribution in [2.45, 2.75) is 13.0 Å². The van der Waals surface area contributed by atoms with Gasteiger partial charge in [0.2, 0.25) is 5.88 Å². The summed E-state index contributed by atoms with van der Waals surface area (Å²) in [5, 5.41) is 0. The van der Waals surface area contributed by atoms with Gasteiger partial charge in [-0.15, -0.1) is 0 Å². The summed E-state index contributed by atoms with van der Waals surface area (Å²) < 4.78 is 5.07. The number of likely N-dealkylation sites (N-methyl/N-ethyl adjacent to an activating group) is 1. The Kier molecular flexibility index (Phi) is 2.68. The van der Waals surface area contributed by atoms with Crippen LogP contribution in [-0.2, 0) is 13.0 Å². The van der Waals surface area contributed by atoms with Gasteiger partial charge in [-0.1, -0.05) is 0 Å². The average molecular weight is 206 g/mol. The van der Waals surface area contributed by atoms with Crippen LogP contribution in [0, 0.1) is 0 Å². The number of hydrogen-bond donors (Lipinski definition) is 0. The maximum atomic E-state index is 10.8. The molecule has 4 nitrogen and oxygen atoms in total. The fourth-order valence-corrected chi connectivity index (χ4v) is 1.86. The monoisotopic (exact) mass is 206 g/mol. The maximum absolute atomic E-state index is 10.8. The number of carbonyl (C=O) groups excluding carboxylic acids is 1. The van der Waals surface area contributed by atoms with Crippen molar-refractivity contribution >= 4 is 6.29 Å². The van der Waals surface area contributed by atoms with Gasteiger partial charge in [0.25, 0.3) is 0 Å². The number of nitrogens with zero attached hydrogens (tertiary/aromatic N) is 2. The second-order valence-electron chi connectivity index (χ2n) is 3.80. The Morgan fingerprint density at radius 3 is 3.07 bits per heavy atom. The number of ether oxygens (including phenoxy) is 1. The highest BCUT2D eigenvalue weighted by Gasteiger charge is 2.17. The molecular formula is C11H14N2O2. The summed E-state index contributed by atoms with van der Waals surface area (Å²) >= 11 is 0. The lowest BCUT2D eigenvalue weighted by Gasteiger charge is -2.24. The van der Waals surface area contributed by atoms with Crippen LogP contribution < -0.4 is 4.74 Å². The molecule has 0 amide bonds. The lowest BCUT2D eigenvalue weighted by Crippen LogP contribution is -2.27. The molecular weight excluding hydrogens is 192 g/mol. The lowest BCUT2D eigenvalue weighted by atomic mass is 10.0. The fraction of sp³-hybridized carbons (Fsp3) is 0.455. The van der Waals surface area contributed by atoms with Crippen molar-refractivity contribution in [3.05, 3.63) is 22.9 Å². The largest absolute Gasteiger partial charge is 0.480 e. The molecule has 1 aromatic heterocycles. The Labute approximate surface area is 88.9 Å². The standard InChI is InChI=1S/C11H14N2O2/c1-13-4-3-10-8(6-13)5-9(7-14)11(12-10)15-2/h5,7H,3-4,6H2,1-2H3. The summed E-state index contributed by atoms with van der Waals surface area (Å²) in [5.74, 6) is 0.438. The Morgan fingerprint density at radius 2 is 2.40 bits per heavy atom. The third kappa shape index (κ3) is 1.85. The molecule has 15 heavy (non-hydrogen) atoms. The highest BCUT2D eigenvalue weighted by molar-refractivity contribution is 5.78. The highest BCUT2D eigenvalue weighted by Crippen LogP contribution is 2.22. The average Bonchev–Trinajstić information content (AvgIpc) is 2.27. The van der Waals surface area contributed by atoms with Gasteiger partial charge in [0.05, 0.1) is 18.4 Å². The molecule has 4 heteroatoms. The van der Waals surface area contributed by atoms with E-state index in [0.717, 1.165) is 37.1 Å². The molecule has 0 saturated heterocycles. The van der Waals surface area contributed by atoms with Crippen molar-refractivity contribution in [2.24, 2.45) is 0 Å². The van der Waals surface area contributed by atoms with Crippen molar-refractivity contribution < 1.29 is 9.53 Å². The minimum Gasteiger partial charge on any atom is -0.480 e. The molecule has 0 aliphatic carbocycles. The number of carbonyl (C=O) groups is 1. The van der Waals surface area contributed by atoms with Crippen LogP contribution in [0.1, 0.15) is 21.6 Å². The number of hydrogen-bond acceptors (Lipinski definition) is 4. The van der Waals surface area contributed by atoms with E-state index < -0.39 is 0 Å². The molecule has 0 aromatic carbocycles. The molecule has 0 bridgehead atoms. The number of methoxy groups -OCH3 is 1. The number of aromatic nitrogens is 1. The number of pyridine rings is 1. The highest BCUT2D eigenvalue weighted by atomic mass is 16.5. The molecule has 1 aromatic rings. The zero-order chi connectivity index (χ0) is 10.8. The maximum Gasteiger partial charge on any atom is 0.224 e. The summed E-state index contributed by atoms with van der Waals surface area (Å²) in [4.78, 5) is 17.4. The fourth-order valence-electron chi connectivity index (χ4n) is 1.86. The lowest BCUT2D eigenvalue weighted by molar-refractivity contribution is 0.111. The van der Waals surface area contributed by atoms with Crippen molar-refractivity contribution in [2.75, 3.05) is 20.7 Å². The van der Waals surface area contributed by atoms with Crippen LogP contribution in [0.4, 0.5) is 0 Å². The van der Waals surface area contributed by atoms with Crippen LogP contribution in [0.5, 0.6) is 5.88 Å². The van der Waals surface area contributed by atoms with Gasteiger partial charge in [-0.2, -0.15) is 0 Å². The normalized spacial score (nSPS) is 15.9. The van der Waals surface area contributed by atoms with Crippen LogP contribution >= 0.6 is 0 Å². The predicted octanol–water partition coefficient (Wildman–Crippen LogP) is 0.891. The van der Waals surface area contributed by atoms with E-state index in [1.165, 1.54) is 7.11 Å². The summed E-state index contributed by atoms with van der Waals surface area (Å²) in [6.45, 7) is 1.86. The summed E-state index contributed by atoms with van der Waals surface area (Å²) in [6.07, 6.45) is 1.71. The Morgan fingerprint density at radius 1 is 1.60 bits per heavy atom. The van der Waals surface area contributed by atoms with Gasteiger partial charge in [0.15, 0.2) is 6.29 Å². The van der Waals surface area contributed by atoms with E-state index in [9.17, 15) is 4.79 Å².